The molecule has 3 N–H and O–H groups in total. The molecule has 0 aromatic heterocycles. The number of aliphatic imine (C=N–C) groups is 1. The van der Waals surface area contributed by atoms with Crippen LogP contribution < -0.4 is 11.1 Å². The number of amides is 1. The van der Waals surface area contributed by atoms with Crippen molar-refractivity contribution in [1.29, 1.82) is 0 Å². The summed E-state index contributed by atoms with van der Waals surface area (Å²) in [6.45, 7) is 0.287. The third kappa shape index (κ3) is 5.22. The molecule has 0 bridgehead atoms. The minimum absolute atomic E-state index is 0.0503. The highest BCUT2D eigenvalue weighted by Gasteiger charge is 2.29. The Hall–Kier alpha value is -3.61. The fourth-order valence-corrected chi connectivity index (χ4v) is 2.68. The summed E-state index contributed by atoms with van der Waals surface area (Å²) in [5, 5.41) is 3.13. The SMILES string of the molecule is NC(=NC(=O)c1ccccc1)c1ccccc1NCc1ccc(C(F)(F)F)cc1. The second-order valence-electron chi connectivity index (χ2n) is 6.26. The quantitative estimate of drug-likeness (QED) is 0.477. The van der Waals surface area contributed by atoms with Crippen molar-refractivity contribution in [3.05, 3.63) is 101 Å². The molecule has 0 unspecified atom stereocenters. The van der Waals surface area contributed by atoms with Crippen LogP contribution in [0.15, 0.2) is 83.9 Å². The summed E-state index contributed by atoms with van der Waals surface area (Å²) in [6.07, 6.45) is -4.37. The van der Waals surface area contributed by atoms with Gasteiger partial charge in [-0.25, -0.2) is 0 Å². The molecular weight excluding hydrogens is 379 g/mol. The normalized spacial score (nSPS) is 11.9. The van der Waals surface area contributed by atoms with Crippen molar-refractivity contribution in [2.24, 2.45) is 10.7 Å². The molecule has 0 aliphatic carbocycles. The molecule has 0 radical (unpaired) electrons. The van der Waals surface area contributed by atoms with Crippen LogP contribution >= 0.6 is 0 Å². The molecule has 4 nitrogen and oxygen atoms in total. The van der Waals surface area contributed by atoms with E-state index in [0.29, 0.717) is 22.4 Å². The molecule has 7 heteroatoms. The standard InChI is InChI=1S/C22H18F3N3O/c23-22(24,25)17-12-10-15(11-13-17)14-27-19-9-5-4-8-18(19)20(26)28-21(29)16-6-2-1-3-7-16/h1-13,27H,14H2,(H2,26,28,29). The highest BCUT2D eigenvalue weighted by molar-refractivity contribution is 6.11. The van der Waals surface area contributed by atoms with E-state index < -0.39 is 17.6 Å². The van der Waals surface area contributed by atoms with E-state index >= 15 is 0 Å². The van der Waals surface area contributed by atoms with E-state index in [1.54, 1.807) is 54.6 Å². The molecule has 1 amide bonds. The molecule has 0 aliphatic heterocycles. The van der Waals surface area contributed by atoms with E-state index in [9.17, 15) is 18.0 Å². The van der Waals surface area contributed by atoms with Gasteiger partial charge in [-0.2, -0.15) is 18.2 Å². The molecule has 0 heterocycles. The molecule has 3 aromatic rings. The van der Waals surface area contributed by atoms with Gasteiger partial charge in [-0.1, -0.05) is 42.5 Å². The summed E-state index contributed by atoms with van der Waals surface area (Å²) in [7, 11) is 0. The molecule has 0 fully saturated rings. The van der Waals surface area contributed by atoms with Crippen LogP contribution in [0.1, 0.15) is 27.0 Å². The minimum Gasteiger partial charge on any atom is -0.383 e. The lowest BCUT2D eigenvalue weighted by Gasteiger charge is -2.12. The van der Waals surface area contributed by atoms with Gasteiger partial charge in [-0.05, 0) is 42.0 Å². The average molecular weight is 397 g/mol. The molecule has 0 spiro atoms. The van der Waals surface area contributed by atoms with E-state index in [0.717, 1.165) is 12.1 Å². The number of nitrogens with two attached hydrogens (primary N) is 1. The zero-order chi connectivity index (χ0) is 20.9. The van der Waals surface area contributed by atoms with Gasteiger partial charge in [0.05, 0.1) is 5.56 Å². The van der Waals surface area contributed by atoms with Gasteiger partial charge in [0.25, 0.3) is 5.91 Å². The number of hydrogen-bond donors (Lipinski definition) is 2. The van der Waals surface area contributed by atoms with Crippen molar-refractivity contribution >= 4 is 17.4 Å². The van der Waals surface area contributed by atoms with Gasteiger partial charge in [0, 0.05) is 23.4 Å². The van der Waals surface area contributed by atoms with Crippen LogP contribution in [-0.2, 0) is 12.7 Å². The Bertz CT molecular complexity index is 1010. The number of amidine groups is 1. The number of rotatable bonds is 5. The zero-order valence-corrected chi connectivity index (χ0v) is 15.3. The summed E-state index contributed by atoms with van der Waals surface area (Å²) in [4.78, 5) is 16.2. The molecule has 29 heavy (non-hydrogen) atoms. The summed E-state index contributed by atoms with van der Waals surface area (Å²) < 4.78 is 38.0. The van der Waals surface area contributed by atoms with Gasteiger partial charge in [-0.15, -0.1) is 0 Å². The average Bonchev–Trinajstić information content (AvgIpc) is 2.72. The van der Waals surface area contributed by atoms with Crippen molar-refractivity contribution in [3.63, 3.8) is 0 Å². The van der Waals surface area contributed by atoms with Gasteiger partial charge >= 0.3 is 6.18 Å². The molecule has 0 atom stereocenters. The van der Waals surface area contributed by atoms with Crippen LogP contribution in [0.2, 0.25) is 0 Å². The topological polar surface area (TPSA) is 67.5 Å². The highest BCUT2D eigenvalue weighted by atomic mass is 19.4. The van der Waals surface area contributed by atoms with E-state index in [4.69, 9.17) is 5.73 Å². The highest BCUT2D eigenvalue weighted by Crippen LogP contribution is 2.29. The summed E-state index contributed by atoms with van der Waals surface area (Å²) in [6, 6.07) is 20.5. The Balaban J connectivity index is 1.75. The number of anilines is 1. The van der Waals surface area contributed by atoms with E-state index in [1.165, 1.54) is 12.1 Å². The number of benzene rings is 3. The maximum absolute atomic E-state index is 12.7. The van der Waals surface area contributed by atoms with Crippen LogP contribution in [0.5, 0.6) is 0 Å². The largest absolute Gasteiger partial charge is 0.416 e. The van der Waals surface area contributed by atoms with E-state index in [1.807, 2.05) is 0 Å². The molecule has 3 rings (SSSR count). The van der Waals surface area contributed by atoms with Crippen LogP contribution in [-0.4, -0.2) is 11.7 Å². The predicted molar refractivity (Wildman–Crippen MR) is 107 cm³/mol. The number of nitrogens with zero attached hydrogens (tertiary/aromatic N) is 1. The van der Waals surface area contributed by atoms with Crippen molar-refractivity contribution in [2.45, 2.75) is 12.7 Å². The van der Waals surface area contributed by atoms with Crippen LogP contribution in [0.3, 0.4) is 0 Å². The lowest BCUT2D eigenvalue weighted by Crippen LogP contribution is -2.18. The van der Waals surface area contributed by atoms with E-state index in [2.05, 4.69) is 10.3 Å². The molecular formula is C22H18F3N3O. The first kappa shape index (κ1) is 20.1. The summed E-state index contributed by atoms with van der Waals surface area (Å²) >= 11 is 0. The Labute approximate surface area is 165 Å². The maximum Gasteiger partial charge on any atom is 0.416 e. The molecule has 0 aliphatic rings. The third-order valence-corrected chi connectivity index (χ3v) is 4.21. The Morgan fingerprint density at radius 1 is 0.897 bits per heavy atom. The molecule has 3 aromatic carbocycles. The second-order valence-corrected chi connectivity index (χ2v) is 6.26. The maximum atomic E-state index is 12.7. The number of carbonyl (C=O) groups excluding carboxylic acids is 1. The number of halogens is 3. The first-order valence-corrected chi connectivity index (χ1v) is 8.77. The zero-order valence-electron chi connectivity index (χ0n) is 15.3. The molecule has 0 saturated carbocycles. The first-order chi connectivity index (χ1) is 13.8. The minimum atomic E-state index is -4.37. The van der Waals surface area contributed by atoms with Crippen molar-refractivity contribution in [3.8, 4) is 0 Å². The van der Waals surface area contributed by atoms with E-state index in [-0.39, 0.29) is 12.4 Å². The fraction of sp³-hybridized carbons (Fsp3) is 0.0909. The smallest absolute Gasteiger partial charge is 0.383 e. The van der Waals surface area contributed by atoms with Gasteiger partial charge in [0.2, 0.25) is 0 Å². The summed E-state index contributed by atoms with van der Waals surface area (Å²) in [5.74, 6) is -0.407. The second kappa shape index (κ2) is 8.60. The van der Waals surface area contributed by atoms with Gasteiger partial charge in [0.1, 0.15) is 5.84 Å². The van der Waals surface area contributed by atoms with Crippen molar-refractivity contribution in [2.75, 3.05) is 5.32 Å². The molecule has 0 saturated heterocycles. The molecule has 148 valence electrons. The van der Waals surface area contributed by atoms with Crippen LogP contribution in [0, 0.1) is 0 Å². The summed E-state index contributed by atoms with van der Waals surface area (Å²) in [5.41, 5.74) is 7.58. The van der Waals surface area contributed by atoms with Gasteiger partial charge in [-0.3, -0.25) is 4.79 Å². The van der Waals surface area contributed by atoms with Gasteiger partial charge in [0.15, 0.2) is 0 Å². The monoisotopic (exact) mass is 397 g/mol. The predicted octanol–water partition coefficient (Wildman–Crippen LogP) is 4.86. The Kier molecular flexibility index (Phi) is 5.97. The third-order valence-electron chi connectivity index (χ3n) is 4.21. The Morgan fingerprint density at radius 2 is 1.52 bits per heavy atom. The van der Waals surface area contributed by atoms with Crippen molar-refractivity contribution < 1.29 is 18.0 Å². The van der Waals surface area contributed by atoms with Gasteiger partial charge < -0.3 is 11.1 Å². The first-order valence-electron chi connectivity index (χ1n) is 8.77. The lowest BCUT2D eigenvalue weighted by molar-refractivity contribution is -0.137. The van der Waals surface area contributed by atoms with Crippen LogP contribution in [0.4, 0.5) is 18.9 Å². The number of hydrogen-bond acceptors (Lipinski definition) is 2. The Morgan fingerprint density at radius 3 is 2.17 bits per heavy atom. The number of nitrogens with one attached hydrogen (secondary N) is 1. The number of alkyl halides is 3. The fourth-order valence-electron chi connectivity index (χ4n) is 2.68. The number of para-hydroxylation sites is 1. The van der Waals surface area contributed by atoms with Crippen LogP contribution in [0.25, 0.3) is 0 Å². The van der Waals surface area contributed by atoms with Crippen molar-refractivity contribution in [1.82, 2.24) is 0 Å². The lowest BCUT2D eigenvalue weighted by atomic mass is 10.1. The number of carbonyl (C=O) groups is 1.